The summed E-state index contributed by atoms with van der Waals surface area (Å²) in [7, 11) is 1.28. The molecule has 2 atom stereocenters. The molecule has 0 saturated carbocycles. The molecule has 142 valence electrons. The van der Waals surface area contributed by atoms with Crippen LogP contribution < -0.4 is 15.5 Å². The number of rotatable bonds is 7. The number of ether oxygens (including phenoxy) is 1. The lowest BCUT2D eigenvalue weighted by atomic mass is 10.1. The van der Waals surface area contributed by atoms with Crippen LogP contribution in [-0.4, -0.2) is 57.1 Å². The van der Waals surface area contributed by atoms with Crippen molar-refractivity contribution in [3.05, 3.63) is 33.8 Å². The highest BCUT2D eigenvalue weighted by Crippen LogP contribution is 2.20. The number of amides is 2. The Labute approximate surface area is 162 Å². The Morgan fingerprint density at radius 2 is 2.15 bits per heavy atom. The third-order valence-electron chi connectivity index (χ3n) is 4.27. The molecule has 0 aromatic heterocycles. The molecule has 1 heterocycles. The van der Waals surface area contributed by atoms with Crippen molar-refractivity contribution in [2.75, 3.05) is 33.3 Å². The van der Waals surface area contributed by atoms with Gasteiger partial charge in [-0.15, -0.1) is 0 Å². The smallest absolute Gasteiger partial charge is 0.312 e. The van der Waals surface area contributed by atoms with Crippen molar-refractivity contribution in [1.29, 1.82) is 0 Å². The van der Waals surface area contributed by atoms with Crippen molar-refractivity contribution in [2.45, 2.75) is 18.9 Å². The number of methoxy groups -OCH3 is 1. The highest BCUT2D eigenvalue weighted by atomic mass is 35.5. The Morgan fingerprint density at radius 3 is 2.85 bits per heavy atom. The molecule has 0 radical (unpaired) electrons. The Morgan fingerprint density at radius 1 is 1.38 bits per heavy atom. The second-order valence-electron chi connectivity index (χ2n) is 6.04. The maximum absolute atomic E-state index is 12.2. The number of esters is 1. The van der Waals surface area contributed by atoms with Crippen LogP contribution in [0.2, 0.25) is 10.0 Å². The summed E-state index contributed by atoms with van der Waals surface area (Å²) in [6.07, 6.45) is 0.522. The quantitative estimate of drug-likeness (QED) is 0.541. The fourth-order valence-electron chi connectivity index (χ4n) is 2.86. The van der Waals surface area contributed by atoms with Gasteiger partial charge in [-0.1, -0.05) is 29.3 Å². The lowest BCUT2D eigenvalue weighted by molar-refractivity contribution is -0.909. The number of benzene rings is 1. The molecular formula is C17H22Cl2N3O4+. The van der Waals surface area contributed by atoms with Crippen molar-refractivity contribution in [3.8, 4) is 0 Å². The van der Waals surface area contributed by atoms with Gasteiger partial charge >= 0.3 is 5.97 Å². The standard InChI is InChI=1S/C17H21Cl2N3O4/c1-26-16(24)9-14-17(25)21-6-7-22(14)10-15(23)20-5-4-11-2-3-12(18)8-13(11)19/h2-3,8,14H,4-7,9-10H2,1H3,(H,20,23)(H,21,25)/p+1/t14-/m0/s1. The fraction of sp³-hybridized carbons (Fsp3) is 0.471. The number of quaternary nitrogens is 1. The van der Waals surface area contributed by atoms with E-state index in [0.29, 0.717) is 36.1 Å². The van der Waals surface area contributed by atoms with Gasteiger partial charge in [-0.25, -0.2) is 0 Å². The summed E-state index contributed by atoms with van der Waals surface area (Å²) < 4.78 is 4.63. The van der Waals surface area contributed by atoms with E-state index in [4.69, 9.17) is 23.2 Å². The van der Waals surface area contributed by atoms with Gasteiger partial charge in [0.05, 0.1) is 20.2 Å². The van der Waals surface area contributed by atoms with E-state index < -0.39 is 12.0 Å². The minimum Gasteiger partial charge on any atom is -0.469 e. The number of hydrogen-bond acceptors (Lipinski definition) is 4. The van der Waals surface area contributed by atoms with Crippen molar-refractivity contribution in [1.82, 2.24) is 10.6 Å². The lowest BCUT2D eigenvalue weighted by Gasteiger charge is -2.30. The zero-order valence-corrected chi connectivity index (χ0v) is 16.0. The van der Waals surface area contributed by atoms with E-state index in [9.17, 15) is 14.4 Å². The molecule has 1 aliphatic heterocycles. The van der Waals surface area contributed by atoms with E-state index in [1.165, 1.54) is 7.11 Å². The number of hydrogen-bond donors (Lipinski definition) is 3. The average molecular weight is 403 g/mol. The Kier molecular flexibility index (Phi) is 7.68. The minimum atomic E-state index is -0.618. The summed E-state index contributed by atoms with van der Waals surface area (Å²) in [4.78, 5) is 36.5. The molecule has 7 nitrogen and oxygen atoms in total. The first-order valence-electron chi connectivity index (χ1n) is 8.30. The van der Waals surface area contributed by atoms with Crippen LogP contribution in [0.4, 0.5) is 0 Å². The topological polar surface area (TPSA) is 88.9 Å². The lowest BCUT2D eigenvalue weighted by Crippen LogP contribution is -3.20. The van der Waals surface area contributed by atoms with E-state index in [0.717, 1.165) is 10.5 Å². The van der Waals surface area contributed by atoms with Crippen LogP contribution in [0.3, 0.4) is 0 Å². The van der Waals surface area contributed by atoms with Crippen LogP contribution in [0, 0.1) is 0 Å². The van der Waals surface area contributed by atoms with Crippen LogP contribution in [0.5, 0.6) is 0 Å². The Balaban J connectivity index is 1.84. The molecule has 2 amide bonds. The van der Waals surface area contributed by atoms with Crippen LogP contribution >= 0.6 is 23.2 Å². The molecule has 3 N–H and O–H groups in total. The van der Waals surface area contributed by atoms with Crippen LogP contribution in [-0.2, 0) is 25.5 Å². The molecule has 0 aliphatic carbocycles. The second kappa shape index (κ2) is 9.75. The van der Waals surface area contributed by atoms with E-state index in [1.54, 1.807) is 12.1 Å². The highest BCUT2D eigenvalue weighted by Gasteiger charge is 2.36. The second-order valence-corrected chi connectivity index (χ2v) is 6.89. The molecule has 1 fully saturated rings. The zero-order chi connectivity index (χ0) is 19.1. The van der Waals surface area contributed by atoms with Gasteiger partial charge < -0.3 is 20.3 Å². The number of halogens is 2. The van der Waals surface area contributed by atoms with Gasteiger partial charge in [0, 0.05) is 16.6 Å². The third kappa shape index (κ3) is 5.86. The van der Waals surface area contributed by atoms with Gasteiger partial charge in [-0.3, -0.25) is 14.4 Å². The zero-order valence-electron chi connectivity index (χ0n) is 14.4. The van der Waals surface area contributed by atoms with Gasteiger partial charge in [0.1, 0.15) is 6.42 Å². The summed E-state index contributed by atoms with van der Waals surface area (Å²) in [5.74, 6) is -0.894. The predicted octanol–water partition coefficient (Wildman–Crippen LogP) is -0.401. The molecule has 2 rings (SSSR count). The van der Waals surface area contributed by atoms with E-state index in [-0.39, 0.29) is 24.8 Å². The number of nitrogens with one attached hydrogen (secondary N) is 3. The van der Waals surface area contributed by atoms with Gasteiger partial charge in [-0.05, 0) is 24.1 Å². The van der Waals surface area contributed by atoms with Crippen LogP contribution in [0.25, 0.3) is 0 Å². The summed E-state index contributed by atoms with van der Waals surface area (Å²) in [5.41, 5.74) is 0.893. The molecule has 1 aromatic carbocycles. The third-order valence-corrected chi connectivity index (χ3v) is 4.86. The number of carbonyl (C=O) groups is 3. The first-order valence-corrected chi connectivity index (χ1v) is 9.06. The van der Waals surface area contributed by atoms with Crippen molar-refractivity contribution < 1.29 is 24.0 Å². The van der Waals surface area contributed by atoms with Gasteiger partial charge in [-0.2, -0.15) is 0 Å². The summed E-state index contributed by atoms with van der Waals surface area (Å²) in [6.45, 7) is 1.58. The van der Waals surface area contributed by atoms with E-state index in [1.807, 2.05) is 6.07 Å². The first-order chi connectivity index (χ1) is 12.4. The van der Waals surface area contributed by atoms with Crippen LogP contribution in [0.1, 0.15) is 12.0 Å². The monoisotopic (exact) mass is 402 g/mol. The average Bonchev–Trinajstić information content (AvgIpc) is 2.59. The summed E-state index contributed by atoms with van der Waals surface area (Å²) in [6, 6.07) is 4.61. The maximum atomic E-state index is 12.2. The van der Waals surface area contributed by atoms with Gasteiger partial charge in [0.15, 0.2) is 12.6 Å². The SMILES string of the molecule is COC(=O)C[C@H]1C(=O)NCC[NH+]1CC(=O)NCCc1ccc(Cl)cc1Cl. The molecule has 1 aromatic rings. The van der Waals surface area contributed by atoms with E-state index in [2.05, 4.69) is 15.4 Å². The highest BCUT2D eigenvalue weighted by molar-refractivity contribution is 6.35. The minimum absolute atomic E-state index is 0.0503. The summed E-state index contributed by atoms with van der Waals surface area (Å²) >= 11 is 12.0. The predicted molar refractivity (Wildman–Crippen MR) is 97.3 cm³/mol. The molecule has 1 unspecified atom stereocenters. The number of carbonyl (C=O) groups excluding carboxylic acids is 3. The Bertz CT molecular complexity index is 684. The van der Waals surface area contributed by atoms with Crippen molar-refractivity contribution in [2.24, 2.45) is 0 Å². The molecule has 26 heavy (non-hydrogen) atoms. The van der Waals surface area contributed by atoms with Crippen molar-refractivity contribution >= 4 is 41.0 Å². The van der Waals surface area contributed by atoms with Crippen molar-refractivity contribution in [3.63, 3.8) is 0 Å². The molecular weight excluding hydrogens is 381 g/mol. The van der Waals surface area contributed by atoms with Gasteiger partial charge in [0.25, 0.3) is 11.8 Å². The number of piperazine rings is 1. The molecule has 0 bridgehead atoms. The fourth-order valence-corrected chi connectivity index (χ4v) is 3.36. The normalized spacial score (nSPS) is 19.6. The molecule has 1 aliphatic rings. The van der Waals surface area contributed by atoms with E-state index >= 15 is 0 Å². The largest absolute Gasteiger partial charge is 0.469 e. The van der Waals surface area contributed by atoms with Gasteiger partial charge in [0.2, 0.25) is 0 Å². The molecule has 0 spiro atoms. The summed E-state index contributed by atoms with van der Waals surface area (Å²) in [5, 5.41) is 6.66. The van der Waals surface area contributed by atoms with Crippen LogP contribution in [0.15, 0.2) is 18.2 Å². The Hall–Kier alpha value is -1.83. The maximum Gasteiger partial charge on any atom is 0.312 e. The molecule has 9 heteroatoms. The first kappa shape index (κ1) is 20.5. The molecule has 1 saturated heterocycles.